The number of carbonyl (C=O) groups excluding carboxylic acids is 1. The van der Waals surface area contributed by atoms with Gasteiger partial charge in [-0.15, -0.1) is 0 Å². The van der Waals surface area contributed by atoms with Crippen molar-refractivity contribution in [3.8, 4) is 11.5 Å². The van der Waals surface area contributed by atoms with Crippen LogP contribution in [0.1, 0.15) is 18.4 Å². The molecule has 1 aromatic rings. The second kappa shape index (κ2) is 7.59. The maximum Gasteiger partial charge on any atom is 0.234 e. The number of fused-ring (bicyclic) bond motifs is 1. The van der Waals surface area contributed by atoms with E-state index >= 15 is 0 Å². The van der Waals surface area contributed by atoms with E-state index in [1.165, 1.54) is 0 Å². The van der Waals surface area contributed by atoms with Crippen LogP contribution in [0.5, 0.6) is 11.5 Å². The number of hydrogen-bond acceptors (Lipinski definition) is 6. The van der Waals surface area contributed by atoms with Crippen LogP contribution in [0.4, 0.5) is 0 Å². The second-order valence-corrected chi connectivity index (χ2v) is 6.69. The van der Waals surface area contributed by atoms with Gasteiger partial charge in [-0.2, -0.15) is 0 Å². The molecule has 2 fully saturated rings. The standard InChI is InChI=1S/C18H24N2O5/c21-17(19-10-13-1-2-15-16(9-13)25-12-24-15)11-20-5-3-14(4-6-20)18-22-7-8-23-18/h1-2,9,14,18H,3-8,10-12H2,(H,19,21). The minimum atomic E-state index is -0.0398. The molecule has 1 amide bonds. The molecule has 2 saturated heterocycles. The molecular weight excluding hydrogens is 324 g/mol. The smallest absolute Gasteiger partial charge is 0.234 e. The Labute approximate surface area is 147 Å². The lowest BCUT2D eigenvalue weighted by Gasteiger charge is -2.33. The monoisotopic (exact) mass is 348 g/mol. The van der Waals surface area contributed by atoms with Crippen molar-refractivity contribution in [1.82, 2.24) is 10.2 Å². The predicted octanol–water partition coefficient (Wildman–Crippen LogP) is 1.12. The minimum Gasteiger partial charge on any atom is -0.454 e. The average Bonchev–Trinajstić information content (AvgIpc) is 3.32. The number of carbonyl (C=O) groups is 1. The molecule has 0 aromatic heterocycles. The van der Waals surface area contributed by atoms with Crippen LogP contribution in [0.2, 0.25) is 0 Å². The van der Waals surface area contributed by atoms with E-state index in [4.69, 9.17) is 18.9 Å². The summed E-state index contributed by atoms with van der Waals surface area (Å²) in [5.74, 6) is 2.00. The van der Waals surface area contributed by atoms with E-state index in [1.54, 1.807) is 0 Å². The minimum absolute atomic E-state index is 0.0398. The molecule has 25 heavy (non-hydrogen) atoms. The Balaban J connectivity index is 1.19. The maximum absolute atomic E-state index is 12.2. The van der Waals surface area contributed by atoms with Crippen molar-refractivity contribution >= 4 is 5.91 Å². The Bertz CT molecular complexity index is 609. The number of ether oxygens (including phenoxy) is 4. The molecule has 7 nitrogen and oxygen atoms in total. The van der Waals surface area contributed by atoms with E-state index in [2.05, 4.69) is 10.2 Å². The lowest BCUT2D eigenvalue weighted by molar-refractivity contribution is -0.124. The predicted molar refractivity (Wildman–Crippen MR) is 89.3 cm³/mol. The van der Waals surface area contributed by atoms with Crippen LogP contribution in [0.25, 0.3) is 0 Å². The molecule has 3 aliphatic rings. The summed E-state index contributed by atoms with van der Waals surface area (Å²) >= 11 is 0. The number of nitrogens with zero attached hydrogens (tertiary/aromatic N) is 1. The van der Waals surface area contributed by atoms with Crippen LogP contribution in [0.15, 0.2) is 18.2 Å². The maximum atomic E-state index is 12.2. The summed E-state index contributed by atoms with van der Waals surface area (Å²) in [6.07, 6.45) is 1.99. The molecule has 3 heterocycles. The van der Waals surface area contributed by atoms with Crippen molar-refractivity contribution < 1.29 is 23.7 Å². The Morgan fingerprint density at radius 3 is 2.68 bits per heavy atom. The molecule has 0 unspecified atom stereocenters. The highest BCUT2D eigenvalue weighted by molar-refractivity contribution is 5.78. The zero-order valence-electron chi connectivity index (χ0n) is 14.2. The van der Waals surface area contributed by atoms with Gasteiger partial charge in [0.05, 0.1) is 19.8 Å². The summed E-state index contributed by atoms with van der Waals surface area (Å²) in [6.45, 7) is 4.41. The number of likely N-dealkylation sites (tertiary alicyclic amines) is 1. The van der Waals surface area contributed by atoms with Crippen molar-refractivity contribution in [2.24, 2.45) is 5.92 Å². The van der Waals surface area contributed by atoms with Crippen LogP contribution in [-0.4, -0.2) is 56.7 Å². The first-order valence-corrected chi connectivity index (χ1v) is 8.89. The fourth-order valence-electron chi connectivity index (χ4n) is 3.54. The van der Waals surface area contributed by atoms with Gasteiger partial charge in [0, 0.05) is 12.5 Å². The summed E-state index contributed by atoms with van der Waals surface area (Å²) in [6, 6.07) is 5.73. The normalized spacial score (nSPS) is 21.6. The Kier molecular flexibility index (Phi) is 5.05. The summed E-state index contributed by atoms with van der Waals surface area (Å²) < 4.78 is 21.8. The Morgan fingerprint density at radius 2 is 1.88 bits per heavy atom. The van der Waals surface area contributed by atoms with Gasteiger partial charge in [0.1, 0.15) is 0 Å². The molecule has 0 aliphatic carbocycles. The van der Waals surface area contributed by atoms with Gasteiger partial charge in [0.2, 0.25) is 12.7 Å². The van der Waals surface area contributed by atoms with Gasteiger partial charge in [-0.25, -0.2) is 0 Å². The fraction of sp³-hybridized carbons (Fsp3) is 0.611. The van der Waals surface area contributed by atoms with Gasteiger partial charge in [-0.1, -0.05) is 6.07 Å². The number of hydrogen-bond donors (Lipinski definition) is 1. The lowest BCUT2D eigenvalue weighted by atomic mass is 9.96. The molecule has 1 N–H and O–H groups in total. The van der Waals surface area contributed by atoms with E-state index < -0.39 is 0 Å². The molecule has 4 rings (SSSR count). The van der Waals surface area contributed by atoms with E-state index in [-0.39, 0.29) is 19.0 Å². The first kappa shape index (κ1) is 16.6. The summed E-state index contributed by atoms with van der Waals surface area (Å²) in [5.41, 5.74) is 1.01. The van der Waals surface area contributed by atoms with Crippen molar-refractivity contribution in [3.63, 3.8) is 0 Å². The third-order valence-electron chi connectivity index (χ3n) is 4.96. The van der Waals surface area contributed by atoms with Crippen LogP contribution in [0, 0.1) is 5.92 Å². The van der Waals surface area contributed by atoms with Gasteiger partial charge in [0.15, 0.2) is 17.8 Å². The van der Waals surface area contributed by atoms with Crippen molar-refractivity contribution in [3.05, 3.63) is 23.8 Å². The zero-order valence-corrected chi connectivity index (χ0v) is 14.2. The number of nitrogens with one attached hydrogen (secondary N) is 1. The third kappa shape index (κ3) is 4.05. The van der Waals surface area contributed by atoms with Crippen LogP contribution >= 0.6 is 0 Å². The first-order chi connectivity index (χ1) is 12.3. The van der Waals surface area contributed by atoms with Crippen molar-refractivity contribution in [2.45, 2.75) is 25.7 Å². The molecule has 0 spiro atoms. The van der Waals surface area contributed by atoms with Crippen LogP contribution in [-0.2, 0) is 20.8 Å². The molecule has 0 bridgehead atoms. The van der Waals surface area contributed by atoms with E-state index in [9.17, 15) is 4.79 Å². The van der Waals surface area contributed by atoms with E-state index in [1.807, 2.05) is 18.2 Å². The highest BCUT2D eigenvalue weighted by Crippen LogP contribution is 2.32. The van der Waals surface area contributed by atoms with Crippen molar-refractivity contribution in [2.75, 3.05) is 39.6 Å². The molecule has 3 aliphatic heterocycles. The molecular formula is C18H24N2O5. The molecule has 0 radical (unpaired) electrons. The Hall–Kier alpha value is -1.83. The van der Waals surface area contributed by atoms with Crippen LogP contribution in [0.3, 0.4) is 0 Å². The van der Waals surface area contributed by atoms with Crippen molar-refractivity contribution in [1.29, 1.82) is 0 Å². The highest BCUT2D eigenvalue weighted by Gasteiger charge is 2.30. The van der Waals surface area contributed by atoms with E-state index in [0.717, 1.165) is 43.0 Å². The first-order valence-electron chi connectivity index (χ1n) is 8.89. The largest absolute Gasteiger partial charge is 0.454 e. The lowest BCUT2D eigenvalue weighted by Crippen LogP contribution is -2.43. The SMILES string of the molecule is O=C(CN1CCC(C2OCCO2)CC1)NCc1ccc2c(c1)OCO2. The summed E-state index contributed by atoms with van der Waals surface area (Å²) in [7, 11) is 0. The van der Waals surface area contributed by atoms with Gasteiger partial charge < -0.3 is 24.3 Å². The Morgan fingerprint density at radius 1 is 1.12 bits per heavy atom. The third-order valence-corrected chi connectivity index (χ3v) is 4.96. The van der Waals surface area contributed by atoms with Gasteiger partial charge >= 0.3 is 0 Å². The second-order valence-electron chi connectivity index (χ2n) is 6.69. The highest BCUT2D eigenvalue weighted by atomic mass is 16.7. The number of piperidine rings is 1. The molecule has 136 valence electrons. The summed E-state index contributed by atoms with van der Waals surface area (Å²) in [4.78, 5) is 14.4. The van der Waals surface area contributed by atoms with Gasteiger partial charge in [-0.3, -0.25) is 9.69 Å². The number of amides is 1. The summed E-state index contributed by atoms with van der Waals surface area (Å²) in [5, 5.41) is 2.98. The van der Waals surface area contributed by atoms with Gasteiger partial charge in [0.25, 0.3) is 0 Å². The molecule has 0 saturated carbocycles. The van der Waals surface area contributed by atoms with Crippen LogP contribution < -0.4 is 14.8 Å². The topological polar surface area (TPSA) is 69.3 Å². The molecule has 7 heteroatoms. The molecule has 0 atom stereocenters. The van der Waals surface area contributed by atoms with E-state index in [0.29, 0.717) is 32.2 Å². The number of rotatable bonds is 5. The van der Waals surface area contributed by atoms with Gasteiger partial charge in [-0.05, 0) is 43.6 Å². The quantitative estimate of drug-likeness (QED) is 0.860. The zero-order chi connectivity index (χ0) is 17.1. The number of benzene rings is 1. The fourth-order valence-corrected chi connectivity index (χ4v) is 3.54. The molecule has 1 aromatic carbocycles. The average molecular weight is 348 g/mol.